The maximum Gasteiger partial charge on any atom is 0.471 e. The molecule has 1 N–H and O–H groups in total. The van der Waals surface area contributed by atoms with Gasteiger partial charge in [-0.25, -0.2) is 17.2 Å². The summed E-state index contributed by atoms with van der Waals surface area (Å²) in [6, 6.07) is 4.49. The molecule has 0 aromatic heterocycles. The van der Waals surface area contributed by atoms with Crippen LogP contribution in [0.25, 0.3) is 0 Å². The predicted molar refractivity (Wildman–Crippen MR) is 89.4 cm³/mol. The van der Waals surface area contributed by atoms with Crippen molar-refractivity contribution in [2.24, 2.45) is 0 Å². The van der Waals surface area contributed by atoms with Crippen molar-refractivity contribution in [2.45, 2.75) is 29.8 Å². The van der Waals surface area contributed by atoms with Gasteiger partial charge in [-0.15, -0.1) is 0 Å². The standard InChI is InChI=1S/C15H14BrF5N2O3S/c1-27(25,26)10(7-22)4-5-14(8-17,23-13(24)15(19,20)21)11-6-9(16)2-3-12(11)18/h2-3,6,10H,4-5,8H2,1H3,(H,23,24)/t10?,14-/m1/s1. The van der Waals surface area contributed by atoms with Crippen LogP contribution in [-0.4, -0.2) is 38.7 Å². The number of hydrogen-bond donors (Lipinski definition) is 1. The number of nitrogens with zero attached hydrogens (tertiary/aromatic N) is 1. The maximum absolute atomic E-state index is 14.2. The van der Waals surface area contributed by atoms with Gasteiger partial charge in [-0.2, -0.15) is 18.4 Å². The van der Waals surface area contributed by atoms with Crippen molar-refractivity contribution in [2.75, 3.05) is 12.9 Å². The van der Waals surface area contributed by atoms with Gasteiger partial charge in [0.15, 0.2) is 9.84 Å². The molecule has 0 aliphatic carbocycles. The zero-order valence-corrected chi connectivity index (χ0v) is 16.2. The highest BCUT2D eigenvalue weighted by molar-refractivity contribution is 9.10. The van der Waals surface area contributed by atoms with Crippen LogP contribution in [0.5, 0.6) is 0 Å². The smallest absolute Gasteiger partial charge is 0.336 e. The van der Waals surface area contributed by atoms with Gasteiger partial charge in [-0.3, -0.25) is 4.79 Å². The van der Waals surface area contributed by atoms with E-state index in [-0.39, 0.29) is 4.47 Å². The molecule has 27 heavy (non-hydrogen) atoms. The summed E-state index contributed by atoms with van der Waals surface area (Å²) in [5, 5.41) is 8.71. The monoisotopic (exact) mass is 476 g/mol. The quantitative estimate of drug-likeness (QED) is 0.612. The lowest BCUT2D eigenvalue weighted by atomic mass is 9.85. The Labute approximate surface area is 160 Å². The lowest BCUT2D eigenvalue weighted by Gasteiger charge is -2.34. The van der Waals surface area contributed by atoms with Crippen LogP contribution in [0.2, 0.25) is 0 Å². The molecule has 1 rings (SSSR count). The van der Waals surface area contributed by atoms with Crippen LogP contribution in [0.15, 0.2) is 22.7 Å². The number of hydrogen-bond acceptors (Lipinski definition) is 4. The molecule has 0 saturated carbocycles. The Morgan fingerprint density at radius 3 is 2.41 bits per heavy atom. The SMILES string of the molecule is CS(=O)(=O)C(C#N)CC[C@](CF)(NC(=O)C(F)(F)F)c1cc(Br)ccc1F. The van der Waals surface area contributed by atoms with Crippen molar-refractivity contribution >= 4 is 31.7 Å². The molecule has 0 fully saturated rings. The van der Waals surface area contributed by atoms with Crippen LogP contribution in [0.1, 0.15) is 18.4 Å². The molecule has 150 valence electrons. The van der Waals surface area contributed by atoms with Gasteiger partial charge in [-0.1, -0.05) is 15.9 Å². The molecule has 0 aliphatic rings. The number of nitrogens with one attached hydrogen (secondary N) is 1. The first kappa shape index (κ1) is 23.3. The van der Waals surface area contributed by atoms with Crippen LogP contribution in [-0.2, 0) is 20.2 Å². The fourth-order valence-electron chi connectivity index (χ4n) is 2.34. The highest BCUT2D eigenvalue weighted by Gasteiger charge is 2.46. The van der Waals surface area contributed by atoms with E-state index in [1.165, 1.54) is 17.5 Å². The van der Waals surface area contributed by atoms with Gasteiger partial charge in [0, 0.05) is 16.3 Å². The Hall–Kier alpha value is -1.74. The number of amides is 1. The Morgan fingerprint density at radius 2 is 1.96 bits per heavy atom. The maximum atomic E-state index is 14.2. The zero-order chi connectivity index (χ0) is 21.0. The van der Waals surface area contributed by atoms with Gasteiger partial charge in [0.25, 0.3) is 0 Å². The fourth-order valence-corrected chi connectivity index (χ4v) is 3.44. The van der Waals surface area contributed by atoms with E-state index in [2.05, 4.69) is 15.9 Å². The van der Waals surface area contributed by atoms with E-state index < -0.39 is 63.6 Å². The average molecular weight is 477 g/mol. The molecule has 1 aromatic rings. The normalized spacial score (nSPS) is 15.5. The van der Waals surface area contributed by atoms with Crippen molar-refractivity contribution in [3.63, 3.8) is 0 Å². The number of carbonyl (C=O) groups excluding carboxylic acids is 1. The summed E-state index contributed by atoms with van der Waals surface area (Å²) < 4.78 is 89.5. The first-order chi connectivity index (χ1) is 12.3. The number of carbonyl (C=O) groups is 1. The minimum atomic E-state index is -5.38. The number of halogens is 6. The average Bonchev–Trinajstić information content (AvgIpc) is 2.54. The number of benzene rings is 1. The predicted octanol–water partition coefficient (Wildman–Crippen LogP) is 3.15. The third kappa shape index (κ3) is 5.87. The summed E-state index contributed by atoms with van der Waals surface area (Å²) in [7, 11) is -3.92. The molecule has 0 aliphatic heterocycles. The van der Waals surface area contributed by atoms with Crippen LogP contribution in [0, 0.1) is 17.1 Å². The van der Waals surface area contributed by atoms with E-state index in [9.17, 15) is 35.2 Å². The minimum absolute atomic E-state index is 0.193. The molecular formula is C15H14BrF5N2O3S. The van der Waals surface area contributed by atoms with Gasteiger partial charge in [0.2, 0.25) is 0 Å². The molecule has 0 saturated heterocycles. The summed E-state index contributed by atoms with van der Waals surface area (Å²) in [6.45, 7) is -1.66. The lowest BCUT2D eigenvalue weighted by molar-refractivity contribution is -0.176. The molecule has 5 nitrogen and oxygen atoms in total. The molecule has 0 bridgehead atoms. The number of rotatable bonds is 7. The summed E-state index contributed by atoms with van der Waals surface area (Å²) in [5.74, 6) is -3.63. The second-order valence-electron chi connectivity index (χ2n) is 5.78. The van der Waals surface area contributed by atoms with Gasteiger partial charge in [-0.05, 0) is 31.0 Å². The van der Waals surface area contributed by atoms with Gasteiger partial charge in [0.1, 0.15) is 17.7 Å². The molecule has 12 heteroatoms. The molecule has 1 unspecified atom stereocenters. The summed E-state index contributed by atoms with van der Waals surface area (Å²) >= 11 is 2.98. The molecular weight excluding hydrogens is 463 g/mol. The third-order valence-corrected chi connectivity index (χ3v) is 5.64. The summed E-state index contributed by atoms with van der Waals surface area (Å²) in [6.07, 6.45) is -6.03. The lowest BCUT2D eigenvalue weighted by Crippen LogP contribution is -2.53. The summed E-state index contributed by atoms with van der Waals surface area (Å²) in [5.41, 5.74) is -3.12. The Morgan fingerprint density at radius 1 is 1.37 bits per heavy atom. The second kappa shape index (κ2) is 8.52. The molecule has 1 aromatic carbocycles. The van der Waals surface area contributed by atoms with Crippen LogP contribution >= 0.6 is 15.9 Å². The number of alkyl halides is 4. The van der Waals surface area contributed by atoms with Crippen molar-refractivity contribution in [1.29, 1.82) is 5.26 Å². The van der Waals surface area contributed by atoms with E-state index in [0.717, 1.165) is 18.4 Å². The van der Waals surface area contributed by atoms with E-state index in [0.29, 0.717) is 0 Å². The second-order valence-corrected chi connectivity index (χ2v) is 8.92. The molecule has 0 spiro atoms. The van der Waals surface area contributed by atoms with Crippen molar-refractivity contribution in [3.05, 3.63) is 34.1 Å². The minimum Gasteiger partial charge on any atom is -0.336 e. The van der Waals surface area contributed by atoms with Gasteiger partial charge in [0.05, 0.1) is 11.6 Å². The van der Waals surface area contributed by atoms with Crippen molar-refractivity contribution in [1.82, 2.24) is 5.32 Å². The van der Waals surface area contributed by atoms with Gasteiger partial charge >= 0.3 is 12.1 Å². The third-order valence-electron chi connectivity index (χ3n) is 3.78. The number of sulfone groups is 1. The molecule has 0 radical (unpaired) electrons. The fraction of sp³-hybridized carbons (Fsp3) is 0.467. The van der Waals surface area contributed by atoms with E-state index in [4.69, 9.17) is 5.26 Å². The Bertz CT molecular complexity index is 854. The van der Waals surface area contributed by atoms with Crippen LogP contribution in [0.4, 0.5) is 22.0 Å². The van der Waals surface area contributed by atoms with E-state index >= 15 is 0 Å². The molecule has 1 amide bonds. The number of nitriles is 1. The topological polar surface area (TPSA) is 87.0 Å². The largest absolute Gasteiger partial charge is 0.471 e. The molecule has 2 atom stereocenters. The van der Waals surface area contributed by atoms with Crippen molar-refractivity contribution in [3.8, 4) is 6.07 Å². The van der Waals surface area contributed by atoms with Crippen molar-refractivity contribution < 1.29 is 35.2 Å². The molecule has 0 heterocycles. The summed E-state index contributed by atoms with van der Waals surface area (Å²) in [4.78, 5) is 11.4. The highest BCUT2D eigenvalue weighted by Crippen LogP contribution is 2.34. The van der Waals surface area contributed by atoms with Gasteiger partial charge < -0.3 is 5.32 Å². The first-order valence-electron chi connectivity index (χ1n) is 7.26. The van der Waals surface area contributed by atoms with E-state index in [1.807, 2.05) is 0 Å². The van der Waals surface area contributed by atoms with Crippen LogP contribution < -0.4 is 5.32 Å². The van der Waals surface area contributed by atoms with E-state index in [1.54, 1.807) is 0 Å². The Kier molecular flexibility index (Phi) is 7.35. The Balaban J connectivity index is 3.44. The highest BCUT2D eigenvalue weighted by atomic mass is 79.9. The zero-order valence-electron chi connectivity index (χ0n) is 13.8. The van der Waals surface area contributed by atoms with Crippen LogP contribution in [0.3, 0.4) is 0 Å². The first-order valence-corrected chi connectivity index (χ1v) is 10.0.